The highest BCUT2D eigenvalue weighted by molar-refractivity contribution is 5.86. The van der Waals surface area contributed by atoms with E-state index in [1.54, 1.807) is 0 Å². The van der Waals surface area contributed by atoms with Gasteiger partial charge < -0.3 is 5.32 Å². The van der Waals surface area contributed by atoms with Crippen molar-refractivity contribution in [1.82, 2.24) is 10.6 Å². The predicted molar refractivity (Wildman–Crippen MR) is 98.9 cm³/mol. The number of hydrogen-bond donors (Lipinski definition) is 2. The van der Waals surface area contributed by atoms with E-state index in [1.807, 2.05) is 54.6 Å². The van der Waals surface area contributed by atoms with Crippen molar-refractivity contribution in [2.75, 3.05) is 13.1 Å². The molecule has 4 nitrogen and oxygen atoms in total. The van der Waals surface area contributed by atoms with E-state index in [-0.39, 0.29) is 25.0 Å². The largest absolute Gasteiger partial charge is 0.342 e. The van der Waals surface area contributed by atoms with E-state index >= 15 is 0 Å². The molecular weight excluding hydrogens is 310 g/mol. The van der Waals surface area contributed by atoms with Gasteiger partial charge in [-0.3, -0.25) is 10.1 Å². The molecule has 0 heterocycles. The lowest BCUT2D eigenvalue weighted by atomic mass is 9.93. The van der Waals surface area contributed by atoms with Gasteiger partial charge in [-0.25, -0.2) is 0 Å². The van der Waals surface area contributed by atoms with Gasteiger partial charge in [-0.2, -0.15) is 5.26 Å². The number of carbonyl (C=O) groups is 1. The summed E-state index contributed by atoms with van der Waals surface area (Å²) in [4.78, 5) is 11.9. The number of nitrogens with one attached hydrogen (secondary N) is 2. The molecule has 0 aliphatic heterocycles. The molecule has 25 heavy (non-hydrogen) atoms. The second kappa shape index (κ2) is 8.09. The van der Waals surface area contributed by atoms with E-state index in [0.29, 0.717) is 0 Å². The summed E-state index contributed by atoms with van der Waals surface area (Å²) in [5.41, 5.74) is 2.21. The summed E-state index contributed by atoms with van der Waals surface area (Å²) in [7, 11) is 0. The molecule has 2 N–H and O–H groups in total. The molecule has 0 saturated heterocycles. The average molecular weight is 329 g/mol. The van der Waals surface area contributed by atoms with E-state index in [4.69, 9.17) is 5.26 Å². The van der Waals surface area contributed by atoms with E-state index in [1.165, 1.54) is 0 Å². The normalized spacial score (nSPS) is 11.6. The van der Waals surface area contributed by atoms with Crippen molar-refractivity contribution in [3.8, 4) is 6.07 Å². The van der Waals surface area contributed by atoms with Gasteiger partial charge in [0.1, 0.15) is 6.54 Å². The van der Waals surface area contributed by atoms with Crippen LogP contribution in [0.5, 0.6) is 0 Å². The Morgan fingerprint density at radius 1 is 0.960 bits per heavy atom. The van der Waals surface area contributed by atoms with Crippen LogP contribution >= 0.6 is 0 Å². The molecule has 3 aromatic carbocycles. The summed E-state index contributed by atoms with van der Waals surface area (Å²) >= 11 is 0. The summed E-state index contributed by atoms with van der Waals surface area (Å²) in [5, 5.41) is 16.8. The summed E-state index contributed by atoms with van der Waals surface area (Å²) in [6, 6.07) is 26.3. The van der Waals surface area contributed by atoms with E-state index in [9.17, 15) is 4.79 Å². The van der Waals surface area contributed by atoms with Crippen LogP contribution in [0.4, 0.5) is 0 Å². The summed E-state index contributed by atoms with van der Waals surface area (Å²) in [5.74, 6) is -0.192. The molecule has 0 fully saturated rings. The number of rotatable bonds is 6. The van der Waals surface area contributed by atoms with Gasteiger partial charge in [0, 0.05) is 0 Å². The lowest BCUT2D eigenvalue weighted by Crippen LogP contribution is -2.36. The highest BCUT2D eigenvalue weighted by Gasteiger charge is 2.17. The van der Waals surface area contributed by atoms with Crippen molar-refractivity contribution in [3.63, 3.8) is 0 Å². The van der Waals surface area contributed by atoms with Crippen molar-refractivity contribution >= 4 is 16.7 Å². The SMILES string of the molecule is N#CCNC(=O)CNC(c1ccccc1)c1cccc2ccccc12. The van der Waals surface area contributed by atoms with Gasteiger partial charge in [0.2, 0.25) is 5.91 Å². The number of hydrogen-bond acceptors (Lipinski definition) is 3. The Labute approximate surface area is 147 Å². The first-order valence-electron chi connectivity index (χ1n) is 8.19. The molecule has 1 amide bonds. The smallest absolute Gasteiger partial charge is 0.234 e. The molecule has 0 aliphatic rings. The molecule has 3 aromatic rings. The van der Waals surface area contributed by atoms with Gasteiger partial charge in [0.15, 0.2) is 0 Å². The third-order valence-corrected chi connectivity index (χ3v) is 4.10. The summed E-state index contributed by atoms with van der Waals surface area (Å²) in [6.07, 6.45) is 0. The minimum Gasteiger partial charge on any atom is -0.342 e. The van der Waals surface area contributed by atoms with Crippen LogP contribution in [0.15, 0.2) is 72.8 Å². The van der Waals surface area contributed by atoms with Crippen molar-refractivity contribution in [1.29, 1.82) is 5.26 Å². The fourth-order valence-electron chi connectivity index (χ4n) is 2.95. The van der Waals surface area contributed by atoms with Crippen LogP contribution in [0, 0.1) is 11.3 Å². The highest BCUT2D eigenvalue weighted by atomic mass is 16.1. The minimum atomic E-state index is -0.192. The maximum Gasteiger partial charge on any atom is 0.234 e. The first kappa shape index (κ1) is 16.7. The Morgan fingerprint density at radius 2 is 1.68 bits per heavy atom. The average Bonchev–Trinajstić information content (AvgIpc) is 2.67. The monoisotopic (exact) mass is 329 g/mol. The van der Waals surface area contributed by atoms with Crippen LogP contribution in [-0.4, -0.2) is 19.0 Å². The second-order valence-corrected chi connectivity index (χ2v) is 5.73. The third kappa shape index (κ3) is 4.03. The molecule has 0 aromatic heterocycles. The zero-order chi connectivity index (χ0) is 17.5. The van der Waals surface area contributed by atoms with Crippen molar-refractivity contribution < 1.29 is 4.79 Å². The molecular formula is C21H19N3O. The third-order valence-electron chi connectivity index (χ3n) is 4.10. The van der Waals surface area contributed by atoms with Crippen LogP contribution < -0.4 is 10.6 Å². The number of amides is 1. The molecule has 1 unspecified atom stereocenters. The quantitative estimate of drug-likeness (QED) is 0.683. The molecule has 0 aliphatic carbocycles. The number of benzene rings is 3. The lowest BCUT2D eigenvalue weighted by Gasteiger charge is -2.21. The van der Waals surface area contributed by atoms with E-state index in [2.05, 4.69) is 34.9 Å². The van der Waals surface area contributed by atoms with Crippen LogP contribution in [0.3, 0.4) is 0 Å². The standard InChI is InChI=1S/C21H19N3O/c22-13-14-23-20(25)15-24-21(17-8-2-1-3-9-17)19-12-6-10-16-7-4-5-11-18(16)19/h1-12,21,24H,14-15H2,(H,23,25). The Hall–Kier alpha value is -3.16. The van der Waals surface area contributed by atoms with Crippen molar-refractivity contribution in [2.24, 2.45) is 0 Å². The van der Waals surface area contributed by atoms with Crippen LogP contribution in [0.1, 0.15) is 17.2 Å². The molecule has 4 heteroatoms. The molecule has 0 bridgehead atoms. The first-order valence-corrected chi connectivity index (χ1v) is 8.19. The lowest BCUT2D eigenvalue weighted by molar-refractivity contribution is -0.120. The summed E-state index contributed by atoms with van der Waals surface area (Å²) < 4.78 is 0. The molecule has 124 valence electrons. The molecule has 1 atom stereocenters. The van der Waals surface area contributed by atoms with Gasteiger partial charge >= 0.3 is 0 Å². The van der Waals surface area contributed by atoms with Crippen LogP contribution in [-0.2, 0) is 4.79 Å². The minimum absolute atomic E-state index is 0.0186. The van der Waals surface area contributed by atoms with Gasteiger partial charge in [0.05, 0.1) is 18.7 Å². The van der Waals surface area contributed by atoms with Crippen molar-refractivity contribution in [2.45, 2.75) is 6.04 Å². The predicted octanol–water partition coefficient (Wildman–Crippen LogP) is 3.16. The fraction of sp³-hybridized carbons (Fsp3) is 0.143. The zero-order valence-corrected chi connectivity index (χ0v) is 13.8. The highest BCUT2D eigenvalue weighted by Crippen LogP contribution is 2.28. The topological polar surface area (TPSA) is 64.9 Å². The maximum absolute atomic E-state index is 11.9. The molecule has 0 saturated carbocycles. The Morgan fingerprint density at radius 3 is 2.48 bits per heavy atom. The number of carbonyl (C=O) groups excluding carboxylic acids is 1. The maximum atomic E-state index is 11.9. The molecule has 0 spiro atoms. The number of nitriles is 1. The van der Waals surface area contributed by atoms with Gasteiger partial charge in [0.25, 0.3) is 0 Å². The van der Waals surface area contributed by atoms with E-state index in [0.717, 1.165) is 21.9 Å². The van der Waals surface area contributed by atoms with Crippen molar-refractivity contribution in [3.05, 3.63) is 83.9 Å². The summed E-state index contributed by atoms with van der Waals surface area (Å²) in [6.45, 7) is 0.162. The first-order chi connectivity index (χ1) is 12.3. The number of fused-ring (bicyclic) bond motifs is 1. The Bertz CT molecular complexity index is 894. The van der Waals surface area contributed by atoms with Gasteiger partial charge in [-0.05, 0) is 21.9 Å². The van der Waals surface area contributed by atoms with Crippen LogP contribution in [0.2, 0.25) is 0 Å². The molecule has 0 radical (unpaired) electrons. The fourth-order valence-corrected chi connectivity index (χ4v) is 2.95. The zero-order valence-electron chi connectivity index (χ0n) is 13.8. The number of nitrogens with zero attached hydrogens (tertiary/aromatic N) is 1. The van der Waals surface area contributed by atoms with Gasteiger partial charge in [-0.1, -0.05) is 72.8 Å². The second-order valence-electron chi connectivity index (χ2n) is 5.73. The Balaban J connectivity index is 1.94. The van der Waals surface area contributed by atoms with E-state index < -0.39 is 0 Å². The van der Waals surface area contributed by atoms with Gasteiger partial charge in [-0.15, -0.1) is 0 Å². The molecule has 3 rings (SSSR count). The van der Waals surface area contributed by atoms with Crippen LogP contribution in [0.25, 0.3) is 10.8 Å². The Kier molecular flexibility index (Phi) is 5.40.